The molecule has 0 aliphatic carbocycles. The lowest BCUT2D eigenvalue weighted by Crippen LogP contribution is -1.95. The van der Waals surface area contributed by atoms with Gasteiger partial charge in [-0.15, -0.1) is 0 Å². The van der Waals surface area contributed by atoms with E-state index in [4.69, 9.17) is 4.42 Å². The molecular weight excluding hydrogens is 226 g/mol. The zero-order valence-electron chi connectivity index (χ0n) is 8.28. The van der Waals surface area contributed by atoms with Gasteiger partial charge in [-0.05, 0) is 17.7 Å². The minimum absolute atomic E-state index is 0.153. The lowest BCUT2D eigenvalue weighted by molar-refractivity contribution is 0.450. The number of rotatable bonds is 3. The van der Waals surface area contributed by atoms with Crippen LogP contribution in [0.4, 0.5) is 0 Å². The van der Waals surface area contributed by atoms with E-state index >= 15 is 0 Å². The van der Waals surface area contributed by atoms with Crippen molar-refractivity contribution >= 4 is 16.2 Å². The molecule has 0 unspecified atom stereocenters. The molecule has 16 heavy (non-hydrogen) atoms. The van der Waals surface area contributed by atoms with Crippen molar-refractivity contribution in [1.29, 1.82) is 0 Å². The maximum atomic E-state index is 11.6. The van der Waals surface area contributed by atoms with Crippen LogP contribution >= 0.6 is 0 Å². The topological polar surface area (TPSA) is 59.6 Å². The standard InChI is InChI=1S/C11H9NO3S/c13-16(14,11-7-4-8-15-11)12-9-10-5-2-1-3-6-10/h1-9H/b12-9+. The van der Waals surface area contributed by atoms with Crippen LogP contribution in [0, 0.1) is 0 Å². The predicted molar refractivity (Wildman–Crippen MR) is 59.9 cm³/mol. The lowest BCUT2D eigenvalue weighted by atomic mass is 10.2. The average Bonchev–Trinajstić information content (AvgIpc) is 2.82. The summed E-state index contributed by atoms with van der Waals surface area (Å²) in [5.41, 5.74) is 0.720. The van der Waals surface area contributed by atoms with E-state index in [1.165, 1.54) is 24.6 Å². The van der Waals surface area contributed by atoms with Crippen molar-refractivity contribution < 1.29 is 12.8 Å². The molecule has 0 saturated carbocycles. The Morgan fingerprint density at radius 3 is 2.44 bits per heavy atom. The molecule has 0 atom stereocenters. The zero-order chi connectivity index (χ0) is 11.4. The second-order valence-electron chi connectivity index (χ2n) is 3.05. The highest BCUT2D eigenvalue weighted by Gasteiger charge is 2.14. The summed E-state index contributed by atoms with van der Waals surface area (Å²) in [5, 5.41) is -0.153. The summed E-state index contributed by atoms with van der Waals surface area (Å²) >= 11 is 0. The van der Waals surface area contributed by atoms with Crippen LogP contribution in [0.5, 0.6) is 0 Å². The number of furan rings is 1. The molecule has 1 heterocycles. The van der Waals surface area contributed by atoms with E-state index in [0.29, 0.717) is 0 Å². The van der Waals surface area contributed by atoms with Gasteiger partial charge < -0.3 is 4.42 Å². The van der Waals surface area contributed by atoms with E-state index in [1.54, 1.807) is 24.3 Å². The summed E-state index contributed by atoms with van der Waals surface area (Å²) in [5.74, 6) is 0. The molecule has 0 aliphatic rings. The number of sulfonamides is 1. The fourth-order valence-electron chi connectivity index (χ4n) is 1.13. The molecule has 0 radical (unpaired) electrons. The van der Waals surface area contributed by atoms with Gasteiger partial charge in [-0.2, -0.15) is 12.8 Å². The fraction of sp³-hybridized carbons (Fsp3) is 0. The molecular formula is C11H9NO3S. The van der Waals surface area contributed by atoms with Gasteiger partial charge in [-0.3, -0.25) is 0 Å². The molecule has 82 valence electrons. The number of nitrogens with zero attached hydrogens (tertiary/aromatic N) is 1. The minimum Gasteiger partial charge on any atom is -0.451 e. The Hall–Kier alpha value is -1.88. The summed E-state index contributed by atoms with van der Waals surface area (Å²) < 4.78 is 31.5. The van der Waals surface area contributed by atoms with Gasteiger partial charge in [0.25, 0.3) is 0 Å². The number of benzene rings is 1. The normalized spacial score (nSPS) is 12.0. The van der Waals surface area contributed by atoms with Crippen molar-refractivity contribution in [2.45, 2.75) is 5.09 Å². The third kappa shape index (κ3) is 2.38. The Balaban J connectivity index is 2.26. The van der Waals surface area contributed by atoms with Gasteiger partial charge in [0.2, 0.25) is 5.09 Å². The van der Waals surface area contributed by atoms with E-state index in [-0.39, 0.29) is 5.09 Å². The molecule has 0 N–H and O–H groups in total. The highest BCUT2D eigenvalue weighted by molar-refractivity contribution is 7.90. The first kappa shape index (κ1) is 10.6. The van der Waals surface area contributed by atoms with Crippen LogP contribution in [0.15, 0.2) is 62.6 Å². The first-order chi connectivity index (χ1) is 7.68. The smallest absolute Gasteiger partial charge is 0.315 e. The number of hydrogen-bond donors (Lipinski definition) is 0. The van der Waals surface area contributed by atoms with Crippen LogP contribution in [0.2, 0.25) is 0 Å². The van der Waals surface area contributed by atoms with Crippen LogP contribution < -0.4 is 0 Å². The summed E-state index contributed by atoms with van der Waals surface area (Å²) in [6.45, 7) is 0. The van der Waals surface area contributed by atoms with Crippen LogP contribution in [-0.2, 0) is 10.0 Å². The Labute approximate surface area is 93.3 Å². The molecule has 1 aromatic carbocycles. The van der Waals surface area contributed by atoms with E-state index in [0.717, 1.165) is 5.56 Å². The van der Waals surface area contributed by atoms with Gasteiger partial charge in [-0.25, -0.2) is 0 Å². The highest BCUT2D eigenvalue weighted by atomic mass is 32.2. The van der Waals surface area contributed by atoms with Crippen LogP contribution in [0.1, 0.15) is 5.56 Å². The van der Waals surface area contributed by atoms with Crippen molar-refractivity contribution in [2.75, 3.05) is 0 Å². The first-order valence-corrected chi connectivity index (χ1v) is 6.01. The van der Waals surface area contributed by atoms with Gasteiger partial charge in [0.05, 0.1) is 6.26 Å². The van der Waals surface area contributed by atoms with Crippen molar-refractivity contribution in [3.8, 4) is 0 Å². The molecule has 0 saturated heterocycles. The Morgan fingerprint density at radius 1 is 1.06 bits per heavy atom. The van der Waals surface area contributed by atoms with Gasteiger partial charge in [-0.1, -0.05) is 30.3 Å². The molecule has 0 amide bonds. The summed E-state index contributed by atoms with van der Waals surface area (Å²) in [4.78, 5) is 0. The Bertz CT molecular complexity index is 571. The molecule has 4 nitrogen and oxygen atoms in total. The maximum Gasteiger partial charge on any atom is 0.315 e. The second-order valence-corrected chi connectivity index (χ2v) is 4.62. The third-order valence-electron chi connectivity index (χ3n) is 1.89. The monoisotopic (exact) mass is 235 g/mol. The first-order valence-electron chi connectivity index (χ1n) is 4.57. The second kappa shape index (κ2) is 4.32. The highest BCUT2D eigenvalue weighted by Crippen LogP contribution is 2.12. The summed E-state index contributed by atoms with van der Waals surface area (Å²) in [6.07, 6.45) is 2.59. The molecule has 0 bridgehead atoms. The molecule has 2 rings (SSSR count). The van der Waals surface area contributed by atoms with Crippen LogP contribution in [0.25, 0.3) is 0 Å². The SMILES string of the molecule is O=S(=O)(/N=C/c1ccccc1)c1ccco1. The lowest BCUT2D eigenvalue weighted by Gasteiger charge is -1.93. The van der Waals surface area contributed by atoms with Crippen molar-refractivity contribution in [3.05, 3.63) is 54.3 Å². The van der Waals surface area contributed by atoms with Gasteiger partial charge >= 0.3 is 10.0 Å². The van der Waals surface area contributed by atoms with Gasteiger partial charge in [0.15, 0.2) is 0 Å². The molecule has 0 fully saturated rings. The molecule has 2 aromatic rings. The molecule has 1 aromatic heterocycles. The largest absolute Gasteiger partial charge is 0.451 e. The zero-order valence-corrected chi connectivity index (χ0v) is 9.09. The third-order valence-corrected chi connectivity index (χ3v) is 3.01. The van der Waals surface area contributed by atoms with Crippen molar-refractivity contribution in [1.82, 2.24) is 0 Å². The van der Waals surface area contributed by atoms with Crippen molar-refractivity contribution in [2.24, 2.45) is 4.40 Å². The quantitative estimate of drug-likeness (QED) is 0.765. The maximum absolute atomic E-state index is 11.6. The number of hydrogen-bond acceptors (Lipinski definition) is 3. The predicted octanol–water partition coefficient (Wildman–Crippen LogP) is 2.09. The minimum atomic E-state index is -3.71. The van der Waals surface area contributed by atoms with E-state index in [1.807, 2.05) is 6.07 Å². The van der Waals surface area contributed by atoms with Gasteiger partial charge in [0.1, 0.15) is 0 Å². The molecule has 0 aliphatic heterocycles. The average molecular weight is 235 g/mol. The van der Waals surface area contributed by atoms with Crippen LogP contribution in [-0.4, -0.2) is 14.6 Å². The van der Waals surface area contributed by atoms with E-state index in [9.17, 15) is 8.42 Å². The van der Waals surface area contributed by atoms with Crippen molar-refractivity contribution in [3.63, 3.8) is 0 Å². The summed E-state index contributed by atoms with van der Waals surface area (Å²) in [6, 6.07) is 11.9. The summed E-state index contributed by atoms with van der Waals surface area (Å²) in [7, 11) is -3.71. The Kier molecular flexibility index (Phi) is 2.87. The van der Waals surface area contributed by atoms with Crippen LogP contribution in [0.3, 0.4) is 0 Å². The van der Waals surface area contributed by atoms with E-state index < -0.39 is 10.0 Å². The fourth-order valence-corrected chi connectivity index (χ4v) is 1.92. The van der Waals surface area contributed by atoms with Gasteiger partial charge in [0, 0.05) is 6.21 Å². The molecule has 5 heteroatoms. The van der Waals surface area contributed by atoms with E-state index in [2.05, 4.69) is 4.40 Å². The Morgan fingerprint density at radius 2 is 1.81 bits per heavy atom. The molecule has 0 spiro atoms.